The molecule has 0 amide bonds. The Kier molecular flexibility index (Phi) is 6.67. The Labute approximate surface area is 244 Å². The van der Waals surface area contributed by atoms with Gasteiger partial charge in [0.1, 0.15) is 35.8 Å². The Hall–Kier alpha value is -3.28. The van der Waals surface area contributed by atoms with Crippen molar-refractivity contribution in [3.05, 3.63) is 53.4 Å². The number of hydrogen-bond donors (Lipinski definition) is 1. The third kappa shape index (κ3) is 4.44. The van der Waals surface area contributed by atoms with Crippen molar-refractivity contribution >= 4 is 39.1 Å². The highest BCUT2D eigenvalue weighted by Crippen LogP contribution is 2.42. The van der Waals surface area contributed by atoms with E-state index in [1.165, 1.54) is 18.1 Å². The molecule has 220 valence electrons. The van der Waals surface area contributed by atoms with Crippen LogP contribution in [0.5, 0.6) is 6.01 Å². The third-order valence-corrected chi connectivity index (χ3v) is 9.29. The van der Waals surface area contributed by atoms with Gasteiger partial charge in [-0.15, -0.1) is 0 Å². The first-order valence-electron chi connectivity index (χ1n) is 14.0. The summed E-state index contributed by atoms with van der Waals surface area (Å²) >= 11 is 6.52. The molecule has 7 nitrogen and oxygen atoms in total. The van der Waals surface area contributed by atoms with Crippen LogP contribution in [-0.4, -0.2) is 83.4 Å². The van der Waals surface area contributed by atoms with Crippen molar-refractivity contribution in [3.63, 3.8) is 0 Å². The van der Waals surface area contributed by atoms with Crippen LogP contribution in [0, 0.1) is 5.82 Å². The highest BCUT2D eigenvalue weighted by Gasteiger charge is 2.50. The molecule has 5 heterocycles. The summed E-state index contributed by atoms with van der Waals surface area (Å²) in [6, 6.07) is 9.40. The number of benzene rings is 2. The van der Waals surface area contributed by atoms with E-state index in [9.17, 15) is 13.2 Å². The molecule has 42 heavy (non-hydrogen) atoms. The van der Waals surface area contributed by atoms with Gasteiger partial charge >= 0.3 is 6.01 Å². The van der Waals surface area contributed by atoms with Gasteiger partial charge in [0, 0.05) is 48.7 Å². The van der Waals surface area contributed by atoms with Crippen molar-refractivity contribution in [2.45, 2.75) is 42.9 Å². The zero-order valence-electron chi connectivity index (χ0n) is 22.9. The Morgan fingerprint density at radius 2 is 2.00 bits per heavy atom. The normalized spacial score (nSPS) is 25.4. The second kappa shape index (κ2) is 10.2. The average Bonchev–Trinajstić information content (AvgIpc) is 3.62. The molecule has 3 aliphatic rings. The number of anilines is 1. The topological polar surface area (TPSA) is 66.4 Å². The molecule has 7 rings (SSSR count). The maximum Gasteiger partial charge on any atom is 0.319 e. The number of pyridine rings is 1. The summed E-state index contributed by atoms with van der Waals surface area (Å²) in [5, 5.41) is 4.78. The fourth-order valence-corrected chi connectivity index (χ4v) is 7.18. The molecule has 0 saturated carbocycles. The van der Waals surface area contributed by atoms with Gasteiger partial charge < -0.3 is 15.0 Å². The van der Waals surface area contributed by atoms with Gasteiger partial charge in [0.25, 0.3) is 5.92 Å². The molecule has 3 aliphatic heterocycles. The van der Waals surface area contributed by atoms with Crippen molar-refractivity contribution in [3.8, 4) is 17.3 Å². The van der Waals surface area contributed by atoms with Crippen LogP contribution >= 0.6 is 11.6 Å². The number of nitrogens with zero attached hydrogens (tertiary/aromatic N) is 5. The molecule has 0 bridgehead atoms. The summed E-state index contributed by atoms with van der Waals surface area (Å²) in [4.78, 5) is 16.8. The molecular formula is C30H29ClF4N6O. The van der Waals surface area contributed by atoms with E-state index >= 15 is 4.39 Å². The van der Waals surface area contributed by atoms with E-state index in [2.05, 4.69) is 25.2 Å². The van der Waals surface area contributed by atoms with Crippen LogP contribution in [0.25, 0.3) is 32.9 Å². The number of fused-ring (bicyclic) bond motifs is 3. The molecule has 12 heteroatoms. The van der Waals surface area contributed by atoms with E-state index in [4.69, 9.17) is 16.3 Å². The molecule has 4 aromatic rings. The third-order valence-electron chi connectivity index (χ3n) is 8.97. The standard InChI is InChI=1S/C30H29ClF4N6O/c1-40(22-13-36-15-30(22,34)35)27-20-12-37-25(19-7-2-5-17-6-3-8-21(31)23(17)19)24(33)26(20)38-28(39-27)42-16-29-9-4-10-41(29)14-18(32)11-29/h2-3,5-8,12,18,22,36H,4,9-11,13-16H2,1H3/t18-,22+,29+/m1/s1. The summed E-state index contributed by atoms with van der Waals surface area (Å²) < 4.78 is 66.5. The lowest BCUT2D eigenvalue weighted by atomic mass is 9.95. The molecule has 2 aromatic heterocycles. The summed E-state index contributed by atoms with van der Waals surface area (Å²) in [5.41, 5.74) is -0.112. The molecule has 3 fully saturated rings. The van der Waals surface area contributed by atoms with Crippen molar-refractivity contribution < 1.29 is 22.3 Å². The molecule has 0 unspecified atom stereocenters. The number of hydrogen-bond acceptors (Lipinski definition) is 7. The van der Waals surface area contributed by atoms with E-state index in [-0.39, 0.29) is 41.6 Å². The predicted octanol–water partition coefficient (Wildman–Crippen LogP) is 5.64. The highest BCUT2D eigenvalue weighted by molar-refractivity contribution is 6.36. The van der Waals surface area contributed by atoms with Crippen molar-refractivity contribution in [1.82, 2.24) is 25.2 Å². The number of rotatable bonds is 6. The minimum absolute atomic E-state index is 0.0175. The molecule has 3 saturated heterocycles. The van der Waals surface area contributed by atoms with Crippen LogP contribution in [0.2, 0.25) is 5.02 Å². The van der Waals surface area contributed by atoms with Crippen LogP contribution in [0.15, 0.2) is 42.6 Å². The molecule has 0 aliphatic carbocycles. The van der Waals surface area contributed by atoms with E-state index in [1.807, 2.05) is 18.2 Å². The average molecular weight is 601 g/mol. The monoisotopic (exact) mass is 600 g/mol. The van der Waals surface area contributed by atoms with E-state index in [0.29, 0.717) is 28.9 Å². The van der Waals surface area contributed by atoms with Gasteiger partial charge in [-0.2, -0.15) is 9.97 Å². The SMILES string of the molecule is CN(c1nc(OC[C@@]23CCCN2C[C@H](F)C3)nc2c(F)c(-c3cccc4cccc(Cl)c34)ncc12)[C@H]1CNCC1(F)F. The molecular weight excluding hydrogens is 572 g/mol. The van der Waals surface area contributed by atoms with Crippen molar-refractivity contribution in [1.29, 1.82) is 0 Å². The Bertz CT molecular complexity index is 1690. The molecule has 3 atom stereocenters. The van der Waals surface area contributed by atoms with E-state index in [1.54, 1.807) is 18.2 Å². The fourth-order valence-electron chi connectivity index (χ4n) is 6.89. The Balaban J connectivity index is 1.36. The van der Waals surface area contributed by atoms with Crippen LogP contribution in [0.4, 0.5) is 23.4 Å². The first-order valence-corrected chi connectivity index (χ1v) is 14.4. The predicted molar refractivity (Wildman–Crippen MR) is 154 cm³/mol. The van der Waals surface area contributed by atoms with Crippen LogP contribution in [0.3, 0.4) is 0 Å². The van der Waals surface area contributed by atoms with Gasteiger partial charge in [0.15, 0.2) is 5.82 Å². The quantitative estimate of drug-likeness (QED) is 0.288. The van der Waals surface area contributed by atoms with Gasteiger partial charge in [-0.3, -0.25) is 9.88 Å². The summed E-state index contributed by atoms with van der Waals surface area (Å²) in [7, 11) is 1.50. The summed E-state index contributed by atoms with van der Waals surface area (Å²) in [5.74, 6) is -3.71. The minimum Gasteiger partial charge on any atom is -0.461 e. The molecule has 0 spiro atoms. The van der Waals surface area contributed by atoms with Crippen molar-refractivity contribution in [2.75, 3.05) is 44.7 Å². The van der Waals surface area contributed by atoms with E-state index < -0.39 is 36.0 Å². The zero-order valence-corrected chi connectivity index (χ0v) is 23.6. The van der Waals surface area contributed by atoms with Gasteiger partial charge in [0.2, 0.25) is 0 Å². The molecule has 0 radical (unpaired) electrons. The summed E-state index contributed by atoms with van der Waals surface area (Å²) in [6.07, 6.45) is 2.46. The largest absolute Gasteiger partial charge is 0.461 e. The first-order chi connectivity index (χ1) is 20.2. The van der Waals surface area contributed by atoms with Gasteiger partial charge in [0.05, 0.1) is 17.5 Å². The maximum atomic E-state index is 16.5. The number of likely N-dealkylation sites (N-methyl/N-ethyl adjacent to an activating group) is 1. The van der Waals surface area contributed by atoms with Crippen molar-refractivity contribution in [2.24, 2.45) is 0 Å². The minimum atomic E-state index is -3.04. The Morgan fingerprint density at radius 3 is 2.79 bits per heavy atom. The van der Waals surface area contributed by atoms with Crippen LogP contribution in [0.1, 0.15) is 19.3 Å². The van der Waals surface area contributed by atoms with Gasteiger partial charge in [-0.1, -0.05) is 41.9 Å². The number of halogens is 5. The Morgan fingerprint density at radius 1 is 1.19 bits per heavy atom. The smallest absolute Gasteiger partial charge is 0.319 e. The fraction of sp³-hybridized carbons (Fsp3) is 0.433. The zero-order chi connectivity index (χ0) is 29.2. The lowest BCUT2D eigenvalue weighted by molar-refractivity contribution is 0.00676. The maximum absolute atomic E-state index is 16.5. The summed E-state index contributed by atoms with van der Waals surface area (Å²) in [6.45, 7) is 0.773. The van der Waals surface area contributed by atoms with E-state index in [0.717, 1.165) is 24.8 Å². The lowest BCUT2D eigenvalue weighted by Crippen LogP contribution is -2.46. The molecule has 1 N–H and O–H groups in total. The second-order valence-corrected chi connectivity index (χ2v) is 11.9. The van der Waals surface area contributed by atoms with Crippen LogP contribution < -0.4 is 15.0 Å². The first kappa shape index (κ1) is 27.5. The number of nitrogens with one attached hydrogen (secondary N) is 1. The van der Waals surface area contributed by atoms with Gasteiger partial charge in [-0.25, -0.2) is 17.6 Å². The van der Waals surface area contributed by atoms with Gasteiger partial charge in [-0.05, 0) is 30.8 Å². The second-order valence-electron chi connectivity index (χ2n) is 11.5. The number of alkyl halides is 3. The number of aromatic nitrogens is 3. The number of ether oxygens (including phenoxy) is 1. The lowest BCUT2D eigenvalue weighted by Gasteiger charge is -2.32. The van der Waals surface area contributed by atoms with Crippen LogP contribution in [-0.2, 0) is 0 Å². The highest BCUT2D eigenvalue weighted by atomic mass is 35.5. The molecule has 2 aromatic carbocycles.